The molecular formula is C30H43ClN4O3. The van der Waals surface area contributed by atoms with E-state index in [0.29, 0.717) is 19.0 Å². The number of amides is 2. The Morgan fingerprint density at radius 1 is 1.13 bits per heavy atom. The SMILES string of the molecule is CC(=O)N(CC/C(C)=C/C=C(\C)Cl)Cc1nccn1C.COCC(=O)N1CCC(Cc2ccccc2)CC1. The average Bonchev–Trinajstić information content (AvgIpc) is 3.30. The number of carbonyl (C=O) groups excluding carboxylic acids is 2. The smallest absolute Gasteiger partial charge is 0.248 e. The predicted octanol–water partition coefficient (Wildman–Crippen LogP) is 5.36. The number of hydrogen-bond donors (Lipinski definition) is 0. The molecule has 2 amide bonds. The van der Waals surface area contributed by atoms with Crippen LogP contribution in [0.5, 0.6) is 0 Å². The van der Waals surface area contributed by atoms with E-state index in [-0.39, 0.29) is 18.4 Å². The van der Waals surface area contributed by atoms with E-state index in [1.165, 1.54) is 11.1 Å². The first kappa shape index (κ1) is 31.3. The molecule has 7 nitrogen and oxygen atoms in total. The van der Waals surface area contributed by atoms with Crippen molar-refractivity contribution in [2.24, 2.45) is 13.0 Å². The predicted molar refractivity (Wildman–Crippen MR) is 154 cm³/mol. The number of piperidine rings is 1. The summed E-state index contributed by atoms with van der Waals surface area (Å²) in [7, 11) is 3.50. The van der Waals surface area contributed by atoms with E-state index in [1.54, 1.807) is 25.1 Å². The van der Waals surface area contributed by atoms with E-state index in [4.69, 9.17) is 16.3 Å². The highest BCUT2D eigenvalue weighted by molar-refractivity contribution is 6.29. The van der Waals surface area contributed by atoms with Gasteiger partial charge in [0.05, 0.1) is 6.54 Å². The molecule has 0 N–H and O–H groups in total. The number of halogens is 1. The van der Waals surface area contributed by atoms with Crippen molar-refractivity contribution in [2.45, 2.75) is 53.0 Å². The molecule has 1 saturated heterocycles. The van der Waals surface area contributed by atoms with Gasteiger partial charge in [-0.15, -0.1) is 0 Å². The third-order valence-electron chi connectivity index (χ3n) is 6.67. The van der Waals surface area contributed by atoms with Gasteiger partial charge in [0.1, 0.15) is 12.4 Å². The Kier molecular flexibility index (Phi) is 13.9. The Labute approximate surface area is 233 Å². The average molecular weight is 543 g/mol. The second-order valence-electron chi connectivity index (χ2n) is 9.86. The number of aromatic nitrogens is 2. The van der Waals surface area contributed by atoms with Gasteiger partial charge in [0, 0.05) is 58.1 Å². The van der Waals surface area contributed by atoms with Crippen LogP contribution in [-0.4, -0.2) is 64.5 Å². The molecule has 0 saturated carbocycles. The molecule has 1 aliphatic heterocycles. The summed E-state index contributed by atoms with van der Waals surface area (Å²) in [5.41, 5.74) is 2.59. The minimum Gasteiger partial charge on any atom is -0.375 e. The molecule has 2 heterocycles. The Bertz CT molecular complexity index is 1050. The molecule has 1 aliphatic rings. The van der Waals surface area contributed by atoms with Crippen LogP contribution in [-0.2, 0) is 34.3 Å². The number of nitrogens with zero attached hydrogens (tertiary/aromatic N) is 4. The lowest BCUT2D eigenvalue weighted by Gasteiger charge is -2.32. The molecule has 2 aromatic rings. The van der Waals surface area contributed by atoms with Crippen LogP contribution in [0.1, 0.15) is 51.4 Å². The van der Waals surface area contributed by atoms with Crippen molar-refractivity contribution in [3.63, 3.8) is 0 Å². The monoisotopic (exact) mass is 542 g/mol. The van der Waals surface area contributed by atoms with E-state index in [0.717, 1.165) is 49.6 Å². The number of imidazole rings is 1. The van der Waals surface area contributed by atoms with Crippen LogP contribution in [0.2, 0.25) is 0 Å². The highest BCUT2D eigenvalue weighted by Crippen LogP contribution is 2.21. The van der Waals surface area contributed by atoms with Crippen LogP contribution in [0.4, 0.5) is 0 Å². The van der Waals surface area contributed by atoms with E-state index in [1.807, 2.05) is 48.7 Å². The van der Waals surface area contributed by atoms with Gasteiger partial charge in [0.2, 0.25) is 11.8 Å². The van der Waals surface area contributed by atoms with Crippen LogP contribution in [0, 0.1) is 5.92 Å². The molecule has 208 valence electrons. The molecule has 3 rings (SSSR count). The summed E-state index contributed by atoms with van der Waals surface area (Å²) in [5.74, 6) is 1.78. The second-order valence-corrected chi connectivity index (χ2v) is 10.5. The van der Waals surface area contributed by atoms with Crippen molar-refractivity contribution in [1.82, 2.24) is 19.4 Å². The maximum Gasteiger partial charge on any atom is 0.248 e. The molecule has 1 aromatic heterocycles. The van der Waals surface area contributed by atoms with Gasteiger partial charge in [-0.1, -0.05) is 53.6 Å². The number of benzene rings is 1. The molecule has 1 fully saturated rings. The topological polar surface area (TPSA) is 67.7 Å². The summed E-state index contributed by atoms with van der Waals surface area (Å²) in [6, 6.07) is 10.6. The molecule has 1 aromatic carbocycles. The maximum absolute atomic E-state index is 11.7. The van der Waals surface area contributed by atoms with Crippen molar-refractivity contribution in [3.05, 3.63) is 76.9 Å². The largest absolute Gasteiger partial charge is 0.375 e. The number of carbonyl (C=O) groups is 2. The van der Waals surface area contributed by atoms with Crippen LogP contribution in [0.15, 0.2) is 65.5 Å². The highest BCUT2D eigenvalue weighted by atomic mass is 35.5. The van der Waals surface area contributed by atoms with Gasteiger partial charge in [-0.05, 0) is 57.1 Å². The molecular weight excluding hydrogens is 500 g/mol. The summed E-state index contributed by atoms with van der Waals surface area (Å²) in [6.45, 7) is 8.65. The van der Waals surface area contributed by atoms with E-state index in [2.05, 4.69) is 35.3 Å². The number of rotatable bonds is 10. The number of ether oxygens (including phenoxy) is 1. The van der Waals surface area contributed by atoms with Crippen molar-refractivity contribution >= 4 is 23.4 Å². The Morgan fingerprint density at radius 2 is 1.82 bits per heavy atom. The zero-order valence-corrected chi connectivity index (χ0v) is 24.3. The van der Waals surface area contributed by atoms with Crippen molar-refractivity contribution in [1.29, 1.82) is 0 Å². The molecule has 0 bridgehead atoms. The van der Waals surface area contributed by atoms with Gasteiger partial charge in [0.15, 0.2) is 0 Å². The molecule has 8 heteroatoms. The molecule has 0 unspecified atom stereocenters. The lowest BCUT2D eigenvalue weighted by atomic mass is 9.90. The minimum atomic E-state index is 0.0601. The first-order valence-electron chi connectivity index (χ1n) is 13.2. The Hall–Kier alpha value is -2.90. The summed E-state index contributed by atoms with van der Waals surface area (Å²) in [5, 5.41) is 0.751. The molecule has 0 radical (unpaired) electrons. The van der Waals surface area contributed by atoms with Crippen LogP contribution in [0.25, 0.3) is 0 Å². The Balaban J connectivity index is 0.000000268. The lowest BCUT2D eigenvalue weighted by Crippen LogP contribution is -2.40. The summed E-state index contributed by atoms with van der Waals surface area (Å²) in [4.78, 5) is 31.3. The van der Waals surface area contributed by atoms with Crippen LogP contribution < -0.4 is 0 Å². The quantitative estimate of drug-likeness (QED) is 0.379. The van der Waals surface area contributed by atoms with Crippen molar-refractivity contribution < 1.29 is 14.3 Å². The zero-order valence-electron chi connectivity index (χ0n) is 23.5. The highest BCUT2D eigenvalue weighted by Gasteiger charge is 2.22. The fourth-order valence-electron chi connectivity index (χ4n) is 4.27. The second kappa shape index (κ2) is 16.8. The number of hydrogen-bond acceptors (Lipinski definition) is 4. The lowest BCUT2D eigenvalue weighted by molar-refractivity contribution is -0.136. The molecule has 0 atom stereocenters. The summed E-state index contributed by atoms with van der Waals surface area (Å²) in [6.07, 6.45) is 11.6. The number of allylic oxidation sites excluding steroid dienone is 3. The number of likely N-dealkylation sites (tertiary alicyclic amines) is 1. The van der Waals surface area contributed by atoms with E-state index < -0.39 is 0 Å². The molecule has 0 aliphatic carbocycles. The number of methoxy groups -OCH3 is 1. The standard InChI is InChI=1S/C15H22ClN3O.C15H21NO2/c1-12(5-6-13(2)16)7-9-19(14(3)20)11-15-17-8-10-18(15)4;1-18-12-15(17)16-9-7-14(8-10-16)11-13-5-3-2-4-6-13/h5-6,8,10H,7,9,11H2,1-4H3;2-6,14H,7-12H2,1H3/b12-5+,13-6+;. The van der Waals surface area contributed by atoms with Gasteiger partial charge < -0.3 is 19.1 Å². The first-order valence-corrected chi connectivity index (χ1v) is 13.6. The third kappa shape index (κ3) is 11.7. The van der Waals surface area contributed by atoms with Gasteiger partial charge in [0.25, 0.3) is 0 Å². The number of aryl methyl sites for hydroxylation is 1. The van der Waals surface area contributed by atoms with Gasteiger partial charge >= 0.3 is 0 Å². The summed E-state index contributed by atoms with van der Waals surface area (Å²) < 4.78 is 6.82. The van der Waals surface area contributed by atoms with E-state index >= 15 is 0 Å². The third-order valence-corrected chi connectivity index (χ3v) is 6.80. The Morgan fingerprint density at radius 3 is 2.37 bits per heavy atom. The normalized spacial score (nSPS) is 14.6. The van der Waals surface area contributed by atoms with Crippen molar-refractivity contribution in [2.75, 3.05) is 33.4 Å². The maximum atomic E-state index is 11.7. The van der Waals surface area contributed by atoms with Gasteiger partial charge in [-0.25, -0.2) is 4.98 Å². The van der Waals surface area contributed by atoms with Crippen molar-refractivity contribution in [3.8, 4) is 0 Å². The first-order chi connectivity index (χ1) is 18.2. The zero-order chi connectivity index (χ0) is 27.9. The fourth-order valence-corrected chi connectivity index (χ4v) is 4.33. The van der Waals surface area contributed by atoms with Gasteiger partial charge in [-0.2, -0.15) is 0 Å². The molecule has 0 spiro atoms. The van der Waals surface area contributed by atoms with Crippen LogP contribution >= 0.6 is 11.6 Å². The van der Waals surface area contributed by atoms with E-state index in [9.17, 15) is 9.59 Å². The minimum absolute atomic E-state index is 0.0601. The summed E-state index contributed by atoms with van der Waals surface area (Å²) >= 11 is 5.79. The fraction of sp³-hybridized carbons (Fsp3) is 0.500. The molecule has 38 heavy (non-hydrogen) atoms. The van der Waals surface area contributed by atoms with Gasteiger partial charge in [-0.3, -0.25) is 9.59 Å². The van der Waals surface area contributed by atoms with Crippen LogP contribution in [0.3, 0.4) is 0 Å².